The van der Waals surface area contributed by atoms with Gasteiger partial charge in [-0.2, -0.15) is 0 Å². The highest BCUT2D eigenvalue weighted by molar-refractivity contribution is 7.92. The standard InChI is InChI=1S/C19H21N3O7S/c1-12-16(19(24)29-3)9-6-10-17(12)20-18(23)13(2)21(30(4,27)28)14-7-5-8-15(11-14)22(25)26/h5-11,13H,1-4H3,(H,20,23)/t13-/m1/s1. The van der Waals surface area contributed by atoms with Gasteiger partial charge in [-0.1, -0.05) is 12.1 Å². The smallest absolute Gasteiger partial charge is 0.338 e. The van der Waals surface area contributed by atoms with E-state index in [9.17, 15) is 28.1 Å². The monoisotopic (exact) mass is 435 g/mol. The van der Waals surface area contributed by atoms with Gasteiger partial charge < -0.3 is 10.1 Å². The zero-order valence-corrected chi connectivity index (χ0v) is 17.6. The molecule has 11 heteroatoms. The van der Waals surface area contributed by atoms with Crippen LogP contribution in [-0.4, -0.2) is 44.6 Å². The largest absolute Gasteiger partial charge is 0.465 e. The first-order chi connectivity index (χ1) is 14.0. The molecule has 0 aliphatic rings. The number of sulfonamides is 1. The lowest BCUT2D eigenvalue weighted by Crippen LogP contribution is -2.45. The highest BCUT2D eigenvalue weighted by Gasteiger charge is 2.30. The van der Waals surface area contributed by atoms with Crippen molar-refractivity contribution < 1.29 is 27.7 Å². The van der Waals surface area contributed by atoms with Crippen LogP contribution in [0.25, 0.3) is 0 Å². The number of hydrogen-bond donors (Lipinski definition) is 1. The van der Waals surface area contributed by atoms with Gasteiger partial charge in [0, 0.05) is 17.8 Å². The molecule has 160 valence electrons. The number of esters is 1. The average molecular weight is 435 g/mol. The summed E-state index contributed by atoms with van der Waals surface area (Å²) in [7, 11) is -2.72. The predicted molar refractivity (Wildman–Crippen MR) is 111 cm³/mol. The summed E-state index contributed by atoms with van der Waals surface area (Å²) in [5.74, 6) is -1.26. The molecule has 2 rings (SSSR count). The Bertz CT molecular complexity index is 1100. The molecule has 0 saturated heterocycles. The van der Waals surface area contributed by atoms with Gasteiger partial charge in [0.15, 0.2) is 0 Å². The Kier molecular flexibility index (Phi) is 6.77. The fourth-order valence-electron chi connectivity index (χ4n) is 2.89. The van der Waals surface area contributed by atoms with Crippen molar-refractivity contribution in [1.82, 2.24) is 0 Å². The van der Waals surface area contributed by atoms with Crippen molar-refractivity contribution >= 4 is 39.0 Å². The van der Waals surface area contributed by atoms with Crippen LogP contribution in [0.3, 0.4) is 0 Å². The molecule has 0 aliphatic carbocycles. The number of non-ortho nitro benzene ring substituents is 1. The highest BCUT2D eigenvalue weighted by Crippen LogP contribution is 2.26. The molecule has 2 aromatic carbocycles. The number of amides is 1. The summed E-state index contributed by atoms with van der Waals surface area (Å²) in [6, 6.07) is 8.40. The van der Waals surface area contributed by atoms with Gasteiger partial charge in [-0.3, -0.25) is 19.2 Å². The molecule has 0 spiro atoms. The predicted octanol–water partition coefficient (Wildman–Crippen LogP) is 2.48. The van der Waals surface area contributed by atoms with Gasteiger partial charge in [0.05, 0.1) is 29.5 Å². The van der Waals surface area contributed by atoms with E-state index in [0.717, 1.165) is 16.6 Å². The van der Waals surface area contributed by atoms with Gasteiger partial charge >= 0.3 is 5.97 Å². The first-order valence-corrected chi connectivity index (χ1v) is 10.5. The van der Waals surface area contributed by atoms with Crippen LogP contribution >= 0.6 is 0 Å². The van der Waals surface area contributed by atoms with E-state index in [1.807, 2.05) is 0 Å². The molecule has 1 atom stereocenters. The number of carbonyl (C=O) groups excluding carboxylic acids is 2. The number of rotatable bonds is 7. The summed E-state index contributed by atoms with van der Waals surface area (Å²) in [5, 5.41) is 13.6. The van der Waals surface area contributed by atoms with Gasteiger partial charge in [-0.15, -0.1) is 0 Å². The maximum atomic E-state index is 12.8. The minimum Gasteiger partial charge on any atom is -0.465 e. The Morgan fingerprint density at radius 2 is 1.83 bits per heavy atom. The SMILES string of the molecule is COC(=O)c1cccc(NC(=O)[C@@H](C)N(c2cccc([N+](=O)[O-])c2)S(C)(=O)=O)c1C. The molecule has 0 aliphatic heterocycles. The zero-order valence-electron chi connectivity index (χ0n) is 16.8. The number of carbonyl (C=O) groups is 2. The number of nitrogens with zero attached hydrogens (tertiary/aromatic N) is 2. The number of methoxy groups -OCH3 is 1. The second kappa shape index (κ2) is 8.91. The van der Waals surface area contributed by atoms with E-state index in [4.69, 9.17) is 4.74 Å². The Labute approximate surface area is 173 Å². The van der Waals surface area contributed by atoms with Crippen molar-refractivity contribution in [2.75, 3.05) is 23.0 Å². The molecule has 0 saturated carbocycles. The van der Waals surface area contributed by atoms with Crippen LogP contribution < -0.4 is 9.62 Å². The molecule has 2 aromatic rings. The van der Waals surface area contributed by atoms with Crippen LogP contribution in [0.4, 0.5) is 17.1 Å². The number of nitro benzene ring substituents is 1. The molecule has 0 bridgehead atoms. The normalized spacial score (nSPS) is 12.0. The van der Waals surface area contributed by atoms with E-state index >= 15 is 0 Å². The number of ether oxygens (including phenoxy) is 1. The van der Waals surface area contributed by atoms with Gasteiger partial charge in [0.25, 0.3) is 5.69 Å². The summed E-state index contributed by atoms with van der Waals surface area (Å²) in [6.45, 7) is 2.97. The van der Waals surface area contributed by atoms with Crippen molar-refractivity contribution in [3.63, 3.8) is 0 Å². The highest BCUT2D eigenvalue weighted by atomic mass is 32.2. The second-order valence-corrected chi connectivity index (χ2v) is 8.33. The minimum absolute atomic E-state index is 0.0191. The van der Waals surface area contributed by atoms with E-state index in [2.05, 4.69) is 5.32 Å². The Morgan fingerprint density at radius 3 is 2.40 bits per heavy atom. The van der Waals surface area contributed by atoms with Crippen molar-refractivity contribution in [3.8, 4) is 0 Å². The van der Waals surface area contributed by atoms with Crippen LogP contribution in [-0.2, 0) is 19.6 Å². The van der Waals surface area contributed by atoms with E-state index in [0.29, 0.717) is 11.3 Å². The van der Waals surface area contributed by atoms with Crippen LogP contribution in [0.5, 0.6) is 0 Å². The van der Waals surface area contributed by atoms with Crippen LogP contribution in [0.2, 0.25) is 0 Å². The van der Waals surface area contributed by atoms with Gasteiger partial charge in [0.1, 0.15) is 6.04 Å². The van der Waals surface area contributed by atoms with Crippen LogP contribution in [0, 0.1) is 17.0 Å². The molecular formula is C19H21N3O7S. The molecule has 10 nitrogen and oxygen atoms in total. The summed E-state index contributed by atoms with van der Waals surface area (Å²) < 4.78 is 30.3. The number of benzene rings is 2. The first kappa shape index (κ1) is 22.8. The van der Waals surface area contributed by atoms with Crippen molar-refractivity contribution in [1.29, 1.82) is 0 Å². The quantitative estimate of drug-likeness (QED) is 0.401. The van der Waals surface area contributed by atoms with Gasteiger partial charge in [-0.05, 0) is 37.6 Å². The minimum atomic E-state index is -3.96. The fraction of sp³-hybridized carbons (Fsp3) is 0.263. The first-order valence-electron chi connectivity index (χ1n) is 8.70. The number of nitrogens with one attached hydrogen (secondary N) is 1. The van der Waals surface area contributed by atoms with E-state index < -0.39 is 32.9 Å². The number of nitro groups is 1. The number of anilines is 2. The average Bonchev–Trinajstić information content (AvgIpc) is 2.68. The third-order valence-corrected chi connectivity index (χ3v) is 5.62. The maximum absolute atomic E-state index is 12.8. The topological polar surface area (TPSA) is 136 Å². The van der Waals surface area contributed by atoms with E-state index in [1.165, 1.54) is 38.3 Å². The van der Waals surface area contributed by atoms with Gasteiger partial charge in [-0.25, -0.2) is 13.2 Å². The number of hydrogen-bond acceptors (Lipinski definition) is 7. The van der Waals surface area contributed by atoms with E-state index in [1.54, 1.807) is 19.1 Å². The van der Waals surface area contributed by atoms with Crippen molar-refractivity contribution in [2.45, 2.75) is 19.9 Å². The molecular weight excluding hydrogens is 414 g/mol. The van der Waals surface area contributed by atoms with Crippen LogP contribution in [0.15, 0.2) is 42.5 Å². The summed E-state index contributed by atoms with van der Waals surface area (Å²) >= 11 is 0. The lowest BCUT2D eigenvalue weighted by Gasteiger charge is -2.28. The lowest BCUT2D eigenvalue weighted by atomic mass is 10.1. The molecule has 30 heavy (non-hydrogen) atoms. The van der Waals surface area contributed by atoms with Crippen molar-refractivity contribution in [2.24, 2.45) is 0 Å². The molecule has 0 aromatic heterocycles. The summed E-state index contributed by atoms with van der Waals surface area (Å²) in [4.78, 5) is 35.1. The Hall–Kier alpha value is -3.47. The Balaban J connectivity index is 2.40. The third-order valence-electron chi connectivity index (χ3n) is 4.38. The summed E-state index contributed by atoms with van der Waals surface area (Å²) in [6.07, 6.45) is 0.902. The summed E-state index contributed by atoms with van der Waals surface area (Å²) in [5.41, 5.74) is 0.680. The molecule has 1 amide bonds. The Morgan fingerprint density at radius 1 is 1.20 bits per heavy atom. The molecule has 1 N–H and O–H groups in total. The van der Waals surface area contributed by atoms with Crippen molar-refractivity contribution in [3.05, 3.63) is 63.7 Å². The fourth-order valence-corrected chi connectivity index (χ4v) is 4.06. The second-order valence-electron chi connectivity index (χ2n) is 6.47. The lowest BCUT2D eigenvalue weighted by molar-refractivity contribution is -0.384. The third kappa shape index (κ3) is 4.92. The van der Waals surface area contributed by atoms with Gasteiger partial charge in [0.2, 0.25) is 15.9 Å². The molecule has 0 unspecified atom stereocenters. The molecule has 0 fully saturated rings. The van der Waals surface area contributed by atoms with E-state index in [-0.39, 0.29) is 16.9 Å². The van der Waals surface area contributed by atoms with Crippen LogP contribution in [0.1, 0.15) is 22.8 Å². The zero-order chi connectivity index (χ0) is 22.6. The maximum Gasteiger partial charge on any atom is 0.338 e. The molecule has 0 heterocycles. The molecule has 0 radical (unpaired) electrons.